The Kier molecular flexibility index (Phi) is 2.47. The van der Waals surface area contributed by atoms with Crippen LogP contribution in [0.4, 0.5) is 8.78 Å². The van der Waals surface area contributed by atoms with Crippen molar-refractivity contribution in [2.45, 2.75) is 18.3 Å². The second-order valence-electron chi connectivity index (χ2n) is 3.87. The minimum Gasteiger partial charge on any atom is -0.506 e. The summed E-state index contributed by atoms with van der Waals surface area (Å²) in [5, 5.41) is 9.70. The lowest BCUT2D eigenvalue weighted by Crippen LogP contribution is -2.20. The third kappa shape index (κ3) is 1.54. The van der Waals surface area contributed by atoms with E-state index in [0.717, 1.165) is 18.9 Å². The van der Waals surface area contributed by atoms with Crippen LogP contribution in [0.2, 0.25) is 0 Å². The van der Waals surface area contributed by atoms with E-state index >= 15 is 0 Å². The zero-order chi connectivity index (χ0) is 11.2. The Balaban J connectivity index is 2.58. The summed E-state index contributed by atoms with van der Waals surface area (Å²) in [5.41, 5.74) is 5.60. The van der Waals surface area contributed by atoms with Crippen LogP contribution in [0.15, 0.2) is 10.5 Å². The second-order valence-corrected chi connectivity index (χ2v) is 4.66. The van der Waals surface area contributed by atoms with Gasteiger partial charge in [-0.25, -0.2) is 8.78 Å². The molecule has 1 aliphatic rings. The van der Waals surface area contributed by atoms with Crippen molar-refractivity contribution in [2.24, 2.45) is 5.73 Å². The quantitative estimate of drug-likeness (QED) is 0.816. The molecule has 5 heteroatoms. The van der Waals surface area contributed by atoms with Crippen molar-refractivity contribution in [3.05, 3.63) is 27.7 Å². The van der Waals surface area contributed by atoms with Gasteiger partial charge in [0.1, 0.15) is 5.75 Å². The maximum atomic E-state index is 13.2. The summed E-state index contributed by atoms with van der Waals surface area (Å²) in [4.78, 5) is 0. The van der Waals surface area contributed by atoms with E-state index in [-0.39, 0.29) is 15.6 Å². The van der Waals surface area contributed by atoms with Crippen LogP contribution in [-0.2, 0) is 5.41 Å². The Labute approximate surface area is 94.2 Å². The molecule has 0 aliphatic heterocycles. The first kappa shape index (κ1) is 10.8. The van der Waals surface area contributed by atoms with Crippen LogP contribution in [0.1, 0.15) is 18.4 Å². The maximum Gasteiger partial charge on any atom is 0.176 e. The molecule has 0 heterocycles. The minimum absolute atomic E-state index is 0.225. The molecule has 0 radical (unpaired) electrons. The van der Waals surface area contributed by atoms with E-state index in [1.165, 1.54) is 0 Å². The highest BCUT2D eigenvalue weighted by Crippen LogP contribution is 2.52. The normalized spacial score (nSPS) is 17.9. The van der Waals surface area contributed by atoms with Crippen molar-refractivity contribution in [3.63, 3.8) is 0 Å². The van der Waals surface area contributed by atoms with Crippen molar-refractivity contribution in [3.8, 4) is 5.75 Å². The zero-order valence-electron chi connectivity index (χ0n) is 7.86. The van der Waals surface area contributed by atoms with E-state index in [9.17, 15) is 13.9 Å². The smallest absolute Gasteiger partial charge is 0.176 e. The van der Waals surface area contributed by atoms with Gasteiger partial charge >= 0.3 is 0 Å². The molecule has 3 N–H and O–H groups in total. The van der Waals surface area contributed by atoms with Crippen molar-refractivity contribution < 1.29 is 13.9 Å². The highest BCUT2D eigenvalue weighted by atomic mass is 79.9. The molecule has 1 aromatic carbocycles. The largest absolute Gasteiger partial charge is 0.506 e. The molecule has 2 nitrogen and oxygen atoms in total. The van der Waals surface area contributed by atoms with E-state index in [0.29, 0.717) is 12.1 Å². The van der Waals surface area contributed by atoms with Gasteiger partial charge in [-0.15, -0.1) is 0 Å². The first-order valence-corrected chi connectivity index (χ1v) is 5.38. The number of halogens is 3. The lowest BCUT2D eigenvalue weighted by atomic mass is 9.95. The van der Waals surface area contributed by atoms with Crippen LogP contribution in [0.25, 0.3) is 0 Å². The topological polar surface area (TPSA) is 46.2 Å². The second kappa shape index (κ2) is 3.42. The van der Waals surface area contributed by atoms with Gasteiger partial charge in [-0.1, -0.05) is 0 Å². The van der Waals surface area contributed by atoms with E-state index in [1.807, 2.05) is 0 Å². The number of phenolic OH excluding ortho intramolecular Hbond substituents is 1. The first-order chi connectivity index (χ1) is 7.02. The van der Waals surface area contributed by atoms with E-state index in [2.05, 4.69) is 15.9 Å². The average Bonchev–Trinajstić information content (AvgIpc) is 3.01. The Hall–Kier alpha value is -0.680. The molecule has 0 amide bonds. The van der Waals surface area contributed by atoms with Crippen LogP contribution in [-0.4, -0.2) is 11.7 Å². The predicted molar refractivity (Wildman–Crippen MR) is 55.7 cm³/mol. The highest BCUT2D eigenvalue weighted by molar-refractivity contribution is 9.10. The molecule has 15 heavy (non-hydrogen) atoms. The third-order valence-corrected chi connectivity index (χ3v) is 3.68. The summed E-state index contributed by atoms with van der Waals surface area (Å²) in [5.74, 6) is -2.27. The fourth-order valence-electron chi connectivity index (χ4n) is 1.72. The molecule has 82 valence electrons. The Morgan fingerprint density at radius 2 is 2.07 bits per heavy atom. The lowest BCUT2D eigenvalue weighted by molar-refractivity contribution is 0.432. The van der Waals surface area contributed by atoms with Crippen LogP contribution in [0, 0.1) is 11.6 Å². The van der Waals surface area contributed by atoms with Crippen molar-refractivity contribution in [1.82, 2.24) is 0 Å². The number of aromatic hydroxyl groups is 1. The summed E-state index contributed by atoms with van der Waals surface area (Å²) in [6.45, 7) is 0.331. The summed E-state index contributed by atoms with van der Waals surface area (Å²) < 4.78 is 26.0. The highest BCUT2D eigenvalue weighted by Gasteiger charge is 2.45. The number of benzene rings is 1. The molecule has 0 spiro atoms. The van der Waals surface area contributed by atoms with Gasteiger partial charge in [0.25, 0.3) is 0 Å². The summed E-state index contributed by atoms with van der Waals surface area (Å²) >= 11 is 2.82. The molecule has 2 rings (SSSR count). The maximum absolute atomic E-state index is 13.2. The van der Waals surface area contributed by atoms with Gasteiger partial charge in [0.2, 0.25) is 0 Å². The van der Waals surface area contributed by atoms with Gasteiger partial charge in [0.05, 0.1) is 4.47 Å². The van der Waals surface area contributed by atoms with Gasteiger partial charge < -0.3 is 10.8 Å². The Morgan fingerprint density at radius 3 is 2.53 bits per heavy atom. The fraction of sp³-hybridized carbons (Fsp3) is 0.400. The molecule has 0 saturated heterocycles. The molecule has 0 aromatic heterocycles. The third-order valence-electron chi connectivity index (χ3n) is 2.95. The molecule has 0 bridgehead atoms. The Bertz CT molecular complexity index is 418. The summed E-state index contributed by atoms with van der Waals surface area (Å²) in [7, 11) is 0. The van der Waals surface area contributed by atoms with E-state index in [4.69, 9.17) is 5.73 Å². The molecule has 1 fully saturated rings. The van der Waals surface area contributed by atoms with Gasteiger partial charge in [0, 0.05) is 17.5 Å². The minimum atomic E-state index is -1.07. The van der Waals surface area contributed by atoms with Crippen molar-refractivity contribution in [1.29, 1.82) is 0 Å². The van der Waals surface area contributed by atoms with Crippen molar-refractivity contribution in [2.75, 3.05) is 6.54 Å². The monoisotopic (exact) mass is 277 g/mol. The van der Waals surface area contributed by atoms with Crippen LogP contribution in [0.3, 0.4) is 0 Å². The van der Waals surface area contributed by atoms with Crippen LogP contribution in [0.5, 0.6) is 5.75 Å². The average molecular weight is 278 g/mol. The van der Waals surface area contributed by atoms with Gasteiger partial charge in [-0.05, 0) is 34.8 Å². The van der Waals surface area contributed by atoms with Crippen LogP contribution >= 0.6 is 15.9 Å². The van der Waals surface area contributed by atoms with Crippen molar-refractivity contribution >= 4 is 15.9 Å². The summed E-state index contributed by atoms with van der Waals surface area (Å²) in [6.07, 6.45) is 1.60. The molecule has 1 aliphatic carbocycles. The number of hydrogen-bond donors (Lipinski definition) is 2. The molecular weight excluding hydrogens is 268 g/mol. The molecular formula is C10H10BrF2NO. The lowest BCUT2D eigenvalue weighted by Gasteiger charge is -2.16. The number of nitrogens with two attached hydrogens (primary N) is 1. The fourth-order valence-corrected chi connectivity index (χ4v) is 2.13. The molecule has 0 unspecified atom stereocenters. The van der Waals surface area contributed by atoms with Gasteiger partial charge in [0.15, 0.2) is 11.6 Å². The number of hydrogen-bond acceptors (Lipinski definition) is 2. The SMILES string of the molecule is NCC1(c2cc(F)c(F)c(Br)c2O)CC1. The van der Waals surface area contributed by atoms with E-state index in [1.54, 1.807) is 0 Å². The Morgan fingerprint density at radius 1 is 1.47 bits per heavy atom. The number of phenols is 1. The van der Waals surface area contributed by atoms with Crippen LogP contribution < -0.4 is 5.73 Å². The standard InChI is InChI=1S/C10H10BrF2NO/c11-7-8(13)6(12)3-5(9(7)15)10(4-14)1-2-10/h3,15H,1-2,4,14H2. The zero-order valence-corrected chi connectivity index (χ0v) is 9.44. The predicted octanol–water partition coefficient (Wildman–Crippen LogP) is 2.42. The van der Waals surface area contributed by atoms with E-state index < -0.39 is 11.6 Å². The van der Waals surface area contributed by atoms with Gasteiger partial charge in [-0.2, -0.15) is 0 Å². The first-order valence-electron chi connectivity index (χ1n) is 4.59. The molecule has 0 atom stereocenters. The molecule has 1 saturated carbocycles. The number of rotatable bonds is 2. The van der Waals surface area contributed by atoms with Gasteiger partial charge in [-0.3, -0.25) is 0 Å². The summed E-state index contributed by atoms with van der Waals surface area (Å²) in [6, 6.07) is 1.04. The molecule has 1 aromatic rings.